The third kappa shape index (κ3) is 7.06. The highest BCUT2D eigenvalue weighted by molar-refractivity contribution is 5.98. The summed E-state index contributed by atoms with van der Waals surface area (Å²) in [6, 6.07) is 14.3. The Bertz CT molecular complexity index is 1860. The van der Waals surface area contributed by atoms with Gasteiger partial charge in [-0.05, 0) is 56.2 Å². The Kier molecular flexibility index (Phi) is 11.7. The number of carbonyl (C=O) groups is 4. The maximum Gasteiger partial charge on any atom is 0.313 e. The number of allylic oxidation sites excluding steroid dienone is 1. The quantitative estimate of drug-likeness (QED) is 0.158. The highest BCUT2D eigenvalue weighted by atomic mass is 16.6. The van der Waals surface area contributed by atoms with E-state index in [1.807, 2.05) is 75.4 Å². The lowest BCUT2D eigenvalue weighted by Gasteiger charge is -2.39. The fraction of sp³-hybridized carbons (Fsp3) is 0.512. The van der Waals surface area contributed by atoms with Gasteiger partial charge in [0.2, 0.25) is 17.7 Å². The highest BCUT2D eigenvalue weighted by Crippen LogP contribution is 2.59. The Morgan fingerprint density at radius 2 is 1.81 bits per heavy atom. The van der Waals surface area contributed by atoms with Gasteiger partial charge in [-0.15, -0.1) is 18.3 Å². The molecule has 2 aromatic carbocycles. The predicted molar refractivity (Wildman–Crippen MR) is 201 cm³/mol. The average Bonchev–Trinajstić information content (AvgIpc) is 3.93. The summed E-state index contributed by atoms with van der Waals surface area (Å²) in [6.45, 7) is 13.2. The molecule has 0 unspecified atom stereocenters. The van der Waals surface area contributed by atoms with Crippen LogP contribution in [0.25, 0.3) is 11.0 Å². The van der Waals surface area contributed by atoms with Crippen molar-refractivity contribution in [3.63, 3.8) is 0 Å². The molecular formula is C41H52N6O7. The zero-order valence-corrected chi connectivity index (χ0v) is 31.6. The van der Waals surface area contributed by atoms with Crippen molar-refractivity contribution in [1.29, 1.82) is 0 Å². The molecule has 0 radical (unpaired) electrons. The van der Waals surface area contributed by atoms with Crippen LogP contribution in [0.1, 0.15) is 64.5 Å². The molecule has 3 aliphatic rings. The van der Waals surface area contributed by atoms with E-state index in [9.17, 15) is 19.5 Å². The number of rotatable bonds is 17. The number of aromatic nitrogens is 3. The minimum absolute atomic E-state index is 0.0309. The number of fused-ring (bicyclic) bond motifs is 2. The molecule has 13 heteroatoms. The van der Waals surface area contributed by atoms with Gasteiger partial charge in [-0.2, -0.15) is 0 Å². The first-order valence-electron chi connectivity index (χ1n) is 18.9. The van der Waals surface area contributed by atoms with Crippen molar-refractivity contribution in [2.45, 2.75) is 95.5 Å². The number of hydrogen-bond donors (Lipinski definition) is 1. The normalized spacial score (nSPS) is 24.6. The third-order valence-corrected chi connectivity index (χ3v) is 11.4. The maximum absolute atomic E-state index is 15.0. The zero-order chi connectivity index (χ0) is 38.7. The summed E-state index contributed by atoms with van der Waals surface area (Å²) < 4.78 is 14.7. The number of nitrogens with zero attached hydrogens (tertiary/aromatic N) is 6. The van der Waals surface area contributed by atoms with Crippen molar-refractivity contribution in [2.24, 2.45) is 17.8 Å². The van der Waals surface area contributed by atoms with Crippen LogP contribution in [-0.4, -0.2) is 109 Å². The molecule has 8 atom stereocenters. The molecule has 1 spiro atoms. The molecule has 4 heterocycles. The van der Waals surface area contributed by atoms with Crippen LogP contribution in [0.15, 0.2) is 79.9 Å². The molecular weight excluding hydrogens is 688 g/mol. The minimum atomic E-state index is -1.33. The molecule has 3 amide bonds. The van der Waals surface area contributed by atoms with Gasteiger partial charge in [0.05, 0.1) is 42.1 Å². The molecule has 1 aromatic heterocycles. The summed E-state index contributed by atoms with van der Waals surface area (Å²) in [5.41, 5.74) is 0.777. The van der Waals surface area contributed by atoms with Crippen molar-refractivity contribution in [3.8, 4) is 0 Å². The summed E-state index contributed by atoms with van der Waals surface area (Å²) >= 11 is 0. The Morgan fingerprint density at radius 1 is 1.09 bits per heavy atom. The number of likely N-dealkylation sites (N-methyl/N-ethyl adjacent to an activating group) is 1. The number of aliphatic hydroxyl groups is 1. The number of para-hydroxylation sites is 1. The van der Waals surface area contributed by atoms with Crippen LogP contribution in [0.3, 0.4) is 0 Å². The second-order valence-corrected chi connectivity index (χ2v) is 15.2. The fourth-order valence-corrected chi connectivity index (χ4v) is 8.70. The molecule has 3 saturated heterocycles. The van der Waals surface area contributed by atoms with Crippen molar-refractivity contribution in [2.75, 3.05) is 20.2 Å². The topological polar surface area (TPSA) is 147 Å². The van der Waals surface area contributed by atoms with Crippen LogP contribution in [0.4, 0.5) is 0 Å². The number of benzene rings is 2. The van der Waals surface area contributed by atoms with E-state index in [1.165, 1.54) is 4.90 Å². The molecule has 0 saturated carbocycles. The summed E-state index contributed by atoms with van der Waals surface area (Å²) in [5, 5.41) is 19.3. The molecule has 3 fully saturated rings. The number of amides is 3. The van der Waals surface area contributed by atoms with E-state index in [-0.39, 0.29) is 38.1 Å². The third-order valence-electron chi connectivity index (χ3n) is 11.4. The lowest BCUT2D eigenvalue weighted by molar-refractivity contribution is -0.165. The molecule has 288 valence electrons. The Labute approximate surface area is 316 Å². The molecule has 13 nitrogen and oxygen atoms in total. The van der Waals surface area contributed by atoms with E-state index in [4.69, 9.17) is 9.47 Å². The van der Waals surface area contributed by atoms with Crippen LogP contribution in [0.5, 0.6) is 0 Å². The van der Waals surface area contributed by atoms with Crippen LogP contribution >= 0.6 is 0 Å². The fourth-order valence-electron chi connectivity index (χ4n) is 8.70. The first-order chi connectivity index (χ1) is 26.0. The number of aliphatic hydroxyl groups excluding tert-OH is 1. The number of carbonyl (C=O) groups excluding carboxylic acids is 4. The molecule has 2 bridgehead atoms. The number of esters is 1. The van der Waals surface area contributed by atoms with Gasteiger partial charge in [0.25, 0.3) is 0 Å². The SMILES string of the molecule is C=CCCC(=O)N(C)[C@H](C)[C@H](OC(=O)[C@@H]1[C@@H]2CC[C@]3(O2)[C@H](C(=O)N(CC=C)Cn2nnc4ccccc42)N([C@@H](CO)CC(C)C)C(=O)[C@@H]13)c1ccccc1. The van der Waals surface area contributed by atoms with E-state index < -0.39 is 65.6 Å². The predicted octanol–water partition coefficient (Wildman–Crippen LogP) is 4.28. The average molecular weight is 741 g/mol. The second kappa shape index (κ2) is 16.2. The minimum Gasteiger partial charge on any atom is -0.455 e. The summed E-state index contributed by atoms with van der Waals surface area (Å²) in [5.74, 6) is -3.48. The molecule has 3 aliphatic heterocycles. The van der Waals surface area contributed by atoms with Gasteiger partial charge >= 0.3 is 5.97 Å². The Balaban J connectivity index is 1.35. The lowest BCUT2D eigenvalue weighted by atomic mass is 9.70. The number of hydrogen-bond acceptors (Lipinski definition) is 9. The van der Waals surface area contributed by atoms with Crippen molar-refractivity contribution in [3.05, 3.63) is 85.5 Å². The first kappa shape index (κ1) is 38.8. The maximum atomic E-state index is 15.0. The monoisotopic (exact) mass is 740 g/mol. The smallest absolute Gasteiger partial charge is 0.313 e. The molecule has 3 aromatic rings. The van der Waals surface area contributed by atoms with Gasteiger partial charge in [0.1, 0.15) is 29.9 Å². The molecule has 54 heavy (non-hydrogen) atoms. The van der Waals surface area contributed by atoms with Crippen molar-refractivity contribution < 1.29 is 33.8 Å². The molecule has 6 rings (SSSR count). The standard InChI is InChI=1S/C41H52N6O7/c1-7-9-19-33(49)44(6)27(5)36(28-15-11-10-12-16-28)53-40(52)34-32-20-21-41(54-32)35(34)38(50)47(29(24-48)23-26(3)4)37(41)39(51)45(22-8-2)25-46-31-18-14-13-17-30(31)42-43-46/h7-8,10-18,26-27,29,32,34-37,48H,1-2,9,19-25H2,3-6H3/t27-,29-,32+,34-,35-,36+,37+,41-/m1/s1. The van der Waals surface area contributed by atoms with Crippen LogP contribution in [-0.2, 0) is 35.3 Å². The van der Waals surface area contributed by atoms with E-state index in [0.717, 1.165) is 5.52 Å². The van der Waals surface area contributed by atoms with E-state index in [1.54, 1.807) is 33.7 Å². The van der Waals surface area contributed by atoms with Crippen LogP contribution < -0.4 is 0 Å². The number of likely N-dealkylation sites (tertiary alicyclic amines) is 1. The first-order valence-corrected chi connectivity index (χ1v) is 18.9. The summed E-state index contributed by atoms with van der Waals surface area (Å²) in [6.07, 6.45) is 3.82. The van der Waals surface area contributed by atoms with Crippen LogP contribution in [0.2, 0.25) is 0 Å². The largest absolute Gasteiger partial charge is 0.455 e. The Morgan fingerprint density at radius 3 is 2.50 bits per heavy atom. The molecule has 1 N–H and O–H groups in total. The van der Waals surface area contributed by atoms with E-state index >= 15 is 4.79 Å². The van der Waals surface area contributed by atoms with Gasteiger partial charge in [0.15, 0.2) is 0 Å². The number of ether oxygens (including phenoxy) is 2. The Hall–Kier alpha value is -4.88. The van der Waals surface area contributed by atoms with Gasteiger partial charge in [0, 0.05) is 20.0 Å². The van der Waals surface area contributed by atoms with Crippen molar-refractivity contribution in [1.82, 2.24) is 29.7 Å². The van der Waals surface area contributed by atoms with Gasteiger partial charge in [-0.25, -0.2) is 4.68 Å². The summed E-state index contributed by atoms with van der Waals surface area (Å²) in [4.78, 5) is 62.2. The van der Waals surface area contributed by atoms with Gasteiger partial charge in [-0.3, -0.25) is 19.2 Å². The van der Waals surface area contributed by atoms with Gasteiger partial charge in [-0.1, -0.05) is 73.7 Å². The second-order valence-electron chi connectivity index (χ2n) is 15.2. The van der Waals surface area contributed by atoms with Crippen molar-refractivity contribution >= 4 is 34.7 Å². The highest BCUT2D eigenvalue weighted by Gasteiger charge is 2.75. The lowest BCUT2D eigenvalue weighted by Crippen LogP contribution is -2.59. The molecule has 0 aliphatic carbocycles. The zero-order valence-electron chi connectivity index (χ0n) is 31.6. The van der Waals surface area contributed by atoms with E-state index in [0.29, 0.717) is 36.8 Å². The van der Waals surface area contributed by atoms with Gasteiger partial charge < -0.3 is 29.3 Å². The van der Waals surface area contributed by atoms with Crippen LogP contribution in [0, 0.1) is 17.8 Å². The summed E-state index contributed by atoms with van der Waals surface area (Å²) in [7, 11) is 1.69. The van der Waals surface area contributed by atoms with E-state index in [2.05, 4.69) is 23.5 Å².